The van der Waals surface area contributed by atoms with Gasteiger partial charge >= 0.3 is 6.09 Å². The molecule has 164 valence electrons. The van der Waals surface area contributed by atoms with Gasteiger partial charge in [-0.3, -0.25) is 4.79 Å². The second kappa shape index (κ2) is 9.64. The first-order valence-electron chi connectivity index (χ1n) is 10.5. The minimum absolute atomic E-state index is 0.0143. The van der Waals surface area contributed by atoms with E-state index >= 15 is 0 Å². The summed E-state index contributed by atoms with van der Waals surface area (Å²) in [5.74, 6) is -0.839. The molecule has 0 radical (unpaired) electrons. The molecule has 1 aliphatic rings. The number of rotatable bonds is 7. The highest BCUT2D eigenvalue weighted by molar-refractivity contribution is 5.94. The Labute approximate surface area is 186 Å². The Morgan fingerprint density at radius 2 is 1.78 bits per heavy atom. The van der Waals surface area contributed by atoms with Gasteiger partial charge in [-0.1, -0.05) is 73.7 Å². The van der Waals surface area contributed by atoms with E-state index in [0.29, 0.717) is 17.9 Å². The summed E-state index contributed by atoms with van der Waals surface area (Å²) in [4.78, 5) is 26.3. The normalized spacial score (nSPS) is 16.5. The molecule has 0 aromatic heterocycles. The second-order valence-electron chi connectivity index (χ2n) is 7.83. The largest absolute Gasteiger partial charge is 0.489 e. The third-order valence-corrected chi connectivity index (χ3v) is 5.56. The van der Waals surface area contributed by atoms with Crippen LogP contribution in [-0.2, 0) is 16.1 Å². The average Bonchev–Trinajstić information content (AvgIpc) is 3.20. The summed E-state index contributed by atoms with van der Waals surface area (Å²) in [5.41, 5.74) is 2.21. The zero-order chi connectivity index (χ0) is 22.5. The molecule has 3 aromatic rings. The molecule has 1 fully saturated rings. The fourth-order valence-electron chi connectivity index (χ4n) is 3.83. The molecule has 4 rings (SSSR count). The molecule has 1 heterocycles. The number of imide groups is 1. The van der Waals surface area contributed by atoms with E-state index in [-0.39, 0.29) is 13.0 Å². The Morgan fingerprint density at radius 1 is 1.09 bits per heavy atom. The van der Waals surface area contributed by atoms with Crippen molar-refractivity contribution < 1.29 is 23.5 Å². The SMILES string of the molecule is C[C@H](CC(=O)N1C(=O)OC[C@H]1c1ccccc1)c1ccc(OCc2ccccc2)cc1F. The lowest BCUT2D eigenvalue weighted by molar-refractivity contribution is -0.129. The Bertz CT molecular complexity index is 1090. The summed E-state index contributed by atoms with van der Waals surface area (Å²) in [7, 11) is 0. The summed E-state index contributed by atoms with van der Waals surface area (Å²) in [5, 5.41) is 0. The lowest BCUT2D eigenvalue weighted by atomic mass is 9.96. The standard InChI is InChI=1S/C26H24FNO4/c1-18(14-25(29)28-24(17-32-26(28)30)20-10-6-3-7-11-20)22-13-12-21(15-23(22)27)31-16-19-8-4-2-5-9-19/h2-13,15,18,24H,14,16-17H2,1H3/t18-,24+/m1/s1. The second-order valence-corrected chi connectivity index (χ2v) is 7.83. The van der Waals surface area contributed by atoms with Crippen molar-refractivity contribution in [2.45, 2.75) is 31.9 Å². The highest BCUT2D eigenvalue weighted by atomic mass is 19.1. The molecule has 2 atom stereocenters. The lowest BCUT2D eigenvalue weighted by Crippen LogP contribution is -2.34. The van der Waals surface area contributed by atoms with Crippen LogP contribution in [0.4, 0.5) is 9.18 Å². The zero-order valence-electron chi connectivity index (χ0n) is 17.7. The number of carbonyl (C=O) groups is 2. The van der Waals surface area contributed by atoms with Crippen LogP contribution in [0.3, 0.4) is 0 Å². The number of carbonyl (C=O) groups excluding carboxylic acids is 2. The van der Waals surface area contributed by atoms with Crippen LogP contribution >= 0.6 is 0 Å². The number of hydrogen-bond donors (Lipinski definition) is 0. The van der Waals surface area contributed by atoms with Gasteiger partial charge in [0.1, 0.15) is 30.8 Å². The van der Waals surface area contributed by atoms with Crippen LogP contribution in [0.1, 0.15) is 42.0 Å². The minimum Gasteiger partial charge on any atom is -0.489 e. The van der Waals surface area contributed by atoms with Crippen LogP contribution in [0, 0.1) is 5.82 Å². The molecule has 2 amide bonds. The molecule has 1 saturated heterocycles. The van der Waals surface area contributed by atoms with E-state index in [9.17, 15) is 14.0 Å². The van der Waals surface area contributed by atoms with Crippen LogP contribution in [-0.4, -0.2) is 23.5 Å². The predicted molar refractivity (Wildman–Crippen MR) is 118 cm³/mol. The van der Waals surface area contributed by atoms with Gasteiger partial charge in [0.05, 0.1) is 0 Å². The molecule has 0 unspecified atom stereocenters. The van der Waals surface area contributed by atoms with E-state index in [1.54, 1.807) is 19.1 Å². The molecule has 0 saturated carbocycles. The lowest BCUT2D eigenvalue weighted by Gasteiger charge is -2.22. The first-order chi connectivity index (χ1) is 15.5. The monoisotopic (exact) mass is 433 g/mol. The van der Waals surface area contributed by atoms with E-state index in [4.69, 9.17) is 9.47 Å². The number of hydrogen-bond acceptors (Lipinski definition) is 4. The van der Waals surface area contributed by atoms with Crippen LogP contribution < -0.4 is 4.74 Å². The van der Waals surface area contributed by atoms with Gasteiger partial charge in [0, 0.05) is 12.5 Å². The van der Waals surface area contributed by atoms with Crippen LogP contribution in [0.2, 0.25) is 0 Å². The van der Waals surface area contributed by atoms with Crippen LogP contribution in [0.25, 0.3) is 0 Å². The number of ether oxygens (including phenoxy) is 2. The van der Waals surface area contributed by atoms with Crippen molar-refractivity contribution in [3.63, 3.8) is 0 Å². The maximum Gasteiger partial charge on any atom is 0.417 e. The molecule has 1 aliphatic heterocycles. The predicted octanol–water partition coefficient (Wildman–Crippen LogP) is 5.62. The van der Waals surface area contributed by atoms with E-state index in [0.717, 1.165) is 16.0 Å². The number of benzene rings is 3. The summed E-state index contributed by atoms with van der Waals surface area (Å²) in [6.07, 6.45) is -0.680. The molecule has 3 aromatic carbocycles. The molecule has 0 aliphatic carbocycles. The Kier molecular flexibility index (Phi) is 6.50. The first kappa shape index (κ1) is 21.6. The third-order valence-electron chi connectivity index (χ3n) is 5.56. The van der Waals surface area contributed by atoms with Gasteiger partial charge in [-0.05, 0) is 28.7 Å². The Balaban J connectivity index is 1.42. The van der Waals surface area contributed by atoms with Crippen molar-refractivity contribution in [3.05, 3.63) is 101 Å². The summed E-state index contributed by atoms with van der Waals surface area (Å²) < 4.78 is 25.6. The highest BCUT2D eigenvalue weighted by Gasteiger charge is 2.39. The number of halogens is 1. The third kappa shape index (κ3) is 4.80. The Morgan fingerprint density at radius 3 is 2.47 bits per heavy atom. The van der Waals surface area contributed by atoms with Crippen molar-refractivity contribution in [2.24, 2.45) is 0 Å². The van der Waals surface area contributed by atoms with E-state index < -0.39 is 29.8 Å². The molecule has 0 spiro atoms. The maximum absolute atomic E-state index is 14.8. The molecule has 6 heteroatoms. The molecule has 0 N–H and O–H groups in total. The van der Waals surface area contributed by atoms with Gasteiger partial charge in [-0.15, -0.1) is 0 Å². The van der Waals surface area contributed by atoms with Crippen molar-refractivity contribution in [2.75, 3.05) is 6.61 Å². The van der Waals surface area contributed by atoms with Gasteiger partial charge < -0.3 is 9.47 Å². The molecular weight excluding hydrogens is 409 g/mol. The smallest absolute Gasteiger partial charge is 0.417 e. The van der Waals surface area contributed by atoms with Crippen molar-refractivity contribution in [1.29, 1.82) is 0 Å². The van der Waals surface area contributed by atoms with E-state index in [1.165, 1.54) is 6.07 Å². The quantitative estimate of drug-likeness (QED) is 0.485. The van der Waals surface area contributed by atoms with Gasteiger partial charge in [0.25, 0.3) is 0 Å². The Hall–Kier alpha value is -3.67. The summed E-state index contributed by atoms with van der Waals surface area (Å²) >= 11 is 0. The van der Waals surface area contributed by atoms with Gasteiger partial charge in [-0.2, -0.15) is 0 Å². The molecule has 32 heavy (non-hydrogen) atoms. The van der Waals surface area contributed by atoms with E-state index in [1.807, 2.05) is 60.7 Å². The molecule has 5 nitrogen and oxygen atoms in total. The van der Waals surface area contributed by atoms with E-state index in [2.05, 4.69) is 0 Å². The van der Waals surface area contributed by atoms with Crippen LogP contribution in [0.15, 0.2) is 78.9 Å². The fourth-order valence-corrected chi connectivity index (χ4v) is 3.83. The fraction of sp³-hybridized carbons (Fsp3) is 0.231. The molecular formula is C26H24FNO4. The topological polar surface area (TPSA) is 55.8 Å². The highest BCUT2D eigenvalue weighted by Crippen LogP contribution is 2.32. The summed E-state index contributed by atoms with van der Waals surface area (Å²) in [6, 6.07) is 23.1. The first-order valence-corrected chi connectivity index (χ1v) is 10.5. The van der Waals surface area contributed by atoms with Crippen LogP contribution in [0.5, 0.6) is 5.75 Å². The van der Waals surface area contributed by atoms with Crippen molar-refractivity contribution >= 4 is 12.0 Å². The number of amides is 2. The zero-order valence-corrected chi connectivity index (χ0v) is 17.7. The minimum atomic E-state index is -0.666. The van der Waals surface area contributed by atoms with Gasteiger partial charge in [-0.25, -0.2) is 14.1 Å². The van der Waals surface area contributed by atoms with Crippen molar-refractivity contribution in [1.82, 2.24) is 4.90 Å². The van der Waals surface area contributed by atoms with Gasteiger partial charge in [0.2, 0.25) is 5.91 Å². The maximum atomic E-state index is 14.8. The number of nitrogens with zero attached hydrogens (tertiary/aromatic N) is 1. The average molecular weight is 433 g/mol. The summed E-state index contributed by atoms with van der Waals surface area (Å²) in [6.45, 7) is 2.22. The number of cyclic esters (lactones) is 1. The van der Waals surface area contributed by atoms with Gasteiger partial charge in [0.15, 0.2) is 0 Å². The van der Waals surface area contributed by atoms with Crippen molar-refractivity contribution in [3.8, 4) is 5.75 Å². The molecule has 0 bridgehead atoms.